The third-order valence-electron chi connectivity index (χ3n) is 3.41. The Morgan fingerprint density at radius 3 is 2.26 bits per heavy atom. The molecule has 5 heteroatoms. The smallest absolute Gasteiger partial charge is 0.352 e. The first-order chi connectivity index (χ1) is 10.8. The minimum Gasteiger partial charge on any atom is -0.477 e. The topological polar surface area (TPSA) is 82.2 Å². The van der Waals surface area contributed by atoms with E-state index in [0.717, 1.165) is 5.56 Å². The average Bonchev–Trinajstić information content (AvgIpc) is 2.98. The molecule has 0 fully saturated rings. The van der Waals surface area contributed by atoms with E-state index in [1.807, 2.05) is 12.1 Å². The Bertz CT molecular complexity index is 721. The molecule has 1 aromatic carbocycles. The SMILES string of the molecule is CC(C)(C)c1ccc(C(=O)N/C(=C/c2ccc[nH]2)C(=O)O)cc1. The fraction of sp³-hybridized carbons (Fsp3) is 0.222. The zero-order chi connectivity index (χ0) is 17.0. The predicted octanol–water partition coefficient (Wildman–Crippen LogP) is 3.17. The van der Waals surface area contributed by atoms with Gasteiger partial charge in [-0.25, -0.2) is 4.79 Å². The summed E-state index contributed by atoms with van der Waals surface area (Å²) in [6, 6.07) is 10.6. The summed E-state index contributed by atoms with van der Waals surface area (Å²) < 4.78 is 0. The first-order valence-corrected chi connectivity index (χ1v) is 7.27. The maximum atomic E-state index is 12.2. The van der Waals surface area contributed by atoms with Gasteiger partial charge in [0.05, 0.1) is 0 Å². The van der Waals surface area contributed by atoms with Crippen LogP contribution in [0.25, 0.3) is 6.08 Å². The van der Waals surface area contributed by atoms with Gasteiger partial charge in [0.2, 0.25) is 0 Å². The maximum absolute atomic E-state index is 12.2. The number of nitrogens with one attached hydrogen (secondary N) is 2. The molecule has 0 saturated heterocycles. The van der Waals surface area contributed by atoms with Crippen LogP contribution in [-0.2, 0) is 10.2 Å². The Kier molecular flexibility index (Phi) is 4.69. The molecule has 0 aliphatic rings. The standard InChI is InChI=1S/C18H20N2O3/c1-18(2,3)13-8-6-12(7-9-13)16(21)20-15(17(22)23)11-14-5-4-10-19-14/h4-11,19H,1-3H3,(H,20,21)(H,22,23)/b15-11+. The second-order valence-corrected chi connectivity index (χ2v) is 6.27. The number of carboxylic acid groups (broad SMARTS) is 1. The van der Waals surface area contributed by atoms with E-state index in [2.05, 4.69) is 31.1 Å². The van der Waals surface area contributed by atoms with Crippen molar-refractivity contribution < 1.29 is 14.7 Å². The van der Waals surface area contributed by atoms with E-state index >= 15 is 0 Å². The molecule has 1 aromatic heterocycles. The van der Waals surface area contributed by atoms with Crippen LogP contribution in [0, 0.1) is 0 Å². The fourth-order valence-corrected chi connectivity index (χ4v) is 2.06. The van der Waals surface area contributed by atoms with Crippen LogP contribution in [-0.4, -0.2) is 22.0 Å². The Balaban J connectivity index is 2.18. The lowest BCUT2D eigenvalue weighted by Gasteiger charge is -2.19. The molecule has 1 heterocycles. The van der Waals surface area contributed by atoms with Gasteiger partial charge in [0.25, 0.3) is 5.91 Å². The number of aliphatic carboxylic acids is 1. The number of carbonyl (C=O) groups excluding carboxylic acids is 1. The quantitative estimate of drug-likeness (QED) is 0.758. The normalized spacial score (nSPS) is 12.0. The molecule has 0 aliphatic carbocycles. The van der Waals surface area contributed by atoms with Gasteiger partial charge in [0, 0.05) is 17.5 Å². The molecule has 5 nitrogen and oxygen atoms in total. The third-order valence-corrected chi connectivity index (χ3v) is 3.41. The van der Waals surface area contributed by atoms with Crippen LogP contribution in [0.15, 0.2) is 48.3 Å². The largest absolute Gasteiger partial charge is 0.477 e. The Labute approximate surface area is 135 Å². The zero-order valence-electron chi connectivity index (χ0n) is 13.4. The molecule has 120 valence electrons. The average molecular weight is 312 g/mol. The summed E-state index contributed by atoms with van der Waals surface area (Å²) in [6.07, 6.45) is 3.06. The molecule has 0 unspecified atom stereocenters. The van der Waals surface area contributed by atoms with Gasteiger partial charge in [-0.3, -0.25) is 4.79 Å². The molecule has 0 saturated carbocycles. The number of aromatic nitrogens is 1. The predicted molar refractivity (Wildman–Crippen MR) is 89.0 cm³/mol. The van der Waals surface area contributed by atoms with Crippen LogP contribution >= 0.6 is 0 Å². The van der Waals surface area contributed by atoms with Gasteiger partial charge in [-0.05, 0) is 41.3 Å². The maximum Gasteiger partial charge on any atom is 0.352 e. The molecule has 2 rings (SSSR count). The second-order valence-electron chi connectivity index (χ2n) is 6.27. The summed E-state index contributed by atoms with van der Waals surface area (Å²) in [5, 5.41) is 11.7. The van der Waals surface area contributed by atoms with Crippen molar-refractivity contribution in [3.05, 3.63) is 65.1 Å². The summed E-state index contributed by atoms with van der Waals surface area (Å²) in [7, 11) is 0. The number of aromatic amines is 1. The van der Waals surface area contributed by atoms with E-state index in [0.29, 0.717) is 11.3 Å². The van der Waals surface area contributed by atoms with E-state index in [4.69, 9.17) is 0 Å². The Morgan fingerprint density at radius 2 is 1.78 bits per heavy atom. The Hall–Kier alpha value is -2.82. The lowest BCUT2D eigenvalue weighted by atomic mass is 9.87. The fourth-order valence-electron chi connectivity index (χ4n) is 2.06. The van der Waals surface area contributed by atoms with Crippen molar-refractivity contribution >= 4 is 18.0 Å². The highest BCUT2D eigenvalue weighted by atomic mass is 16.4. The molecule has 23 heavy (non-hydrogen) atoms. The van der Waals surface area contributed by atoms with Gasteiger partial charge < -0.3 is 15.4 Å². The van der Waals surface area contributed by atoms with Gasteiger partial charge in [-0.1, -0.05) is 32.9 Å². The highest BCUT2D eigenvalue weighted by Crippen LogP contribution is 2.22. The number of benzene rings is 1. The molecular weight excluding hydrogens is 292 g/mol. The summed E-state index contributed by atoms with van der Waals surface area (Å²) in [5.41, 5.74) is 1.93. The number of hydrogen-bond donors (Lipinski definition) is 3. The number of carboxylic acids is 1. The number of carbonyl (C=O) groups is 2. The van der Waals surface area contributed by atoms with Crippen molar-refractivity contribution in [3.8, 4) is 0 Å². The monoisotopic (exact) mass is 312 g/mol. The molecule has 1 amide bonds. The minimum absolute atomic E-state index is 0.00521. The van der Waals surface area contributed by atoms with Gasteiger partial charge in [-0.15, -0.1) is 0 Å². The third kappa shape index (κ3) is 4.32. The van der Waals surface area contributed by atoms with Gasteiger partial charge in [-0.2, -0.15) is 0 Å². The van der Waals surface area contributed by atoms with Crippen LogP contribution < -0.4 is 5.32 Å². The molecule has 0 aliphatic heterocycles. The van der Waals surface area contributed by atoms with Crippen molar-refractivity contribution in [2.45, 2.75) is 26.2 Å². The van der Waals surface area contributed by atoms with Crippen molar-refractivity contribution in [2.75, 3.05) is 0 Å². The number of hydrogen-bond acceptors (Lipinski definition) is 2. The van der Waals surface area contributed by atoms with E-state index in [1.165, 1.54) is 6.08 Å². The van der Waals surface area contributed by atoms with Gasteiger partial charge >= 0.3 is 5.97 Å². The molecule has 3 N–H and O–H groups in total. The van der Waals surface area contributed by atoms with Crippen molar-refractivity contribution in [3.63, 3.8) is 0 Å². The Morgan fingerprint density at radius 1 is 1.13 bits per heavy atom. The summed E-state index contributed by atoms with van der Waals surface area (Å²) in [6.45, 7) is 6.26. The number of rotatable bonds is 4. The highest BCUT2D eigenvalue weighted by Gasteiger charge is 2.16. The lowest BCUT2D eigenvalue weighted by Crippen LogP contribution is -2.27. The van der Waals surface area contributed by atoms with Crippen LogP contribution in [0.5, 0.6) is 0 Å². The first kappa shape index (κ1) is 16.5. The number of amides is 1. The highest BCUT2D eigenvalue weighted by molar-refractivity contribution is 6.02. The second kappa shape index (κ2) is 6.52. The first-order valence-electron chi connectivity index (χ1n) is 7.27. The summed E-state index contributed by atoms with van der Waals surface area (Å²) in [5.74, 6) is -1.65. The molecule has 0 atom stereocenters. The van der Waals surface area contributed by atoms with Crippen LogP contribution in [0.3, 0.4) is 0 Å². The van der Waals surface area contributed by atoms with Crippen LogP contribution in [0.1, 0.15) is 42.4 Å². The van der Waals surface area contributed by atoms with E-state index in [-0.39, 0.29) is 11.1 Å². The van der Waals surface area contributed by atoms with Crippen molar-refractivity contribution in [2.24, 2.45) is 0 Å². The molecular formula is C18H20N2O3. The van der Waals surface area contributed by atoms with Crippen molar-refractivity contribution in [1.82, 2.24) is 10.3 Å². The van der Waals surface area contributed by atoms with Gasteiger partial charge in [0.1, 0.15) is 5.70 Å². The van der Waals surface area contributed by atoms with E-state index in [1.54, 1.807) is 30.5 Å². The molecule has 2 aromatic rings. The minimum atomic E-state index is -1.20. The zero-order valence-corrected chi connectivity index (χ0v) is 13.4. The van der Waals surface area contributed by atoms with Crippen molar-refractivity contribution in [1.29, 1.82) is 0 Å². The summed E-state index contributed by atoms with van der Waals surface area (Å²) >= 11 is 0. The number of H-pyrrole nitrogens is 1. The lowest BCUT2D eigenvalue weighted by molar-refractivity contribution is -0.132. The molecule has 0 bridgehead atoms. The van der Waals surface area contributed by atoms with Gasteiger partial charge in [0.15, 0.2) is 0 Å². The van der Waals surface area contributed by atoms with Crippen LogP contribution in [0.4, 0.5) is 0 Å². The molecule has 0 radical (unpaired) electrons. The molecule has 0 spiro atoms. The van der Waals surface area contributed by atoms with Crippen LogP contribution in [0.2, 0.25) is 0 Å². The van der Waals surface area contributed by atoms with E-state index < -0.39 is 11.9 Å². The summed E-state index contributed by atoms with van der Waals surface area (Å²) in [4.78, 5) is 26.4. The van der Waals surface area contributed by atoms with E-state index in [9.17, 15) is 14.7 Å².